The molecule has 4 heterocycles. The molecule has 1 aromatic carbocycles. The maximum atomic E-state index is 13.2. The number of carbonyl (C=O) groups is 1. The van der Waals surface area contributed by atoms with Crippen LogP contribution in [0.5, 0.6) is 0 Å². The number of fused-ring (bicyclic) bond motifs is 1. The Morgan fingerprint density at radius 1 is 1.11 bits per heavy atom. The average Bonchev–Trinajstić information content (AvgIpc) is 3.36. The SMILES string of the molecule is CC(C)CCN(C)C(=O)c1cccc(-c2nc(N3CCOCC3)nc3c2CCN3c2cccnc2)c1. The molecule has 0 radical (unpaired) electrons. The smallest absolute Gasteiger partial charge is 0.253 e. The zero-order valence-electron chi connectivity index (χ0n) is 21.4. The highest BCUT2D eigenvalue weighted by Gasteiger charge is 2.29. The summed E-state index contributed by atoms with van der Waals surface area (Å²) >= 11 is 0. The monoisotopic (exact) mass is 486 g/mol. The Bertz CT molecular complexity index is 1210. The summed E-state index contributed by atoms with van der Waals surface area (Å²) < 4.78 is 5.56. The summed E-state index contributed by atoms with van der Waals surface area (Å²) in [5.74, 6) is 2.21. The highest BCUT2D eigenvalue weighted by Crippen LogP contribution is 2.39. The van der Waals surface area contributed by atoms with Crippen molar-refractivity contribution in [1.29, 1.82) is 0 Å². The van der Waals surface area contributed by atoms with E-state index in [1.807, 2.05) is 48.5 Å². The third-order valence-electron chi connectivity index (χ3n) is 6.84. The minimum Gasteiger partial charge on any atom is -0.378 e. The van der Waals surface area contributed by atoms with Crippen molar-refractivity contribution in [2.45, 2.75) is 26.7 Å². The van der Waals surface area contributed by atoms with E-state index in [1.54, 1.807) is 6.20 Å². The normalized spacial score (nSPS) is 15.3. The van der Waals surface area contributed by atoms with Gasteiger partial charge in [0.05, 0.1) is 30.8 Å². The third kappa shape index (κ3) is 5.04. The number of amides is 1. The Hall–Kier alpha value is -3.52. The number of ether oxygens (including phenoxy) is 1. The van der Waals surface area contributed by atoms with Crippen molar-refractivity contribution in [3.05, 3.63) is 59.9 Å². The lowest BCUT2D eigenvalue weighted by atomic mass is 10.0. The van der Waals surface area contributed by atoms with E-state index in [2.05, 4.69) is 34.7 Å². The van der Waals surface area contributed by atoms with Crippen LogP contribution < -0.4 is 9.80 Å². The quantitative estimate of drug-likeness (QED) is 0.496. The number of morpholine rings is 1. The van der Waals surface area contributed by atoms with Gasteiger partial charge in [0.2, 0.25) is 5.95 Å². The van der Waals surface area contributed by atoms with Crippen LogP contribution in [-0.4, -0.2) is 72.2 Å². The third-order valence-corrected chi connectivity index (χ3v) is 6.84. The van der Waals surface area contributed by atoms with Crippen molar-refractivity contribution >= 4 is 23.4 Å². The van der Waals surface area contributed by atoms with E-state index in [4.69, 9.17) is 14.7 Å². The Labute approximate surface area is 212 Å². The molecular formula is C28H34N6O2. The first-order valence-electron chi connectivity index (χ1n) is 12.8. The van der Waals surface area contributed by atoms with Gasteiger partial charge in [-0.3, -0.25) is 9.78 Å². The van der Waals surface area contributed by atoms with E-state index in [0.29, 0.717) is 30.6 Å². The van der Waals surface area contributed by atoms with E-state index < -0.39 is 0 Å². The van der Waals surface area contributed by atoms with Crippen molar-refractivity contribution in [1.82, 2.24) is 19.9 Å². The Morgan fingerprint density at radius 2 is 1.94 bits per heavy atom. The molecule has 3 aromatic rings. The molecule has 2 aromatic heterocycles. The number of benzene rings is 1. The van der Waals surface area contributed by atoms with Gasteiger partial charge < -0.3 is 19.4 Å². The van der Waals surface area contributed by atoms with Gasteiger partial charge in [-0.2, -0.15) is 4.98 Å². The molecule has 0 unspecified atom stereocenters. The summed E-state index contributed by atoms with van der Waals surface area (Å²) in [4.78, 5) is 33.8. The topological polar surface area (TPSA) is 74.7 Å². The van der Waals surface area contributed by atoms with Crippen LogP contribution in [-0.2, 0) is 11.2 Å². The van der Waals surface area contributed by atoms with Gasteiger partial charge in [-0.15, -0.1) is 0 Å². The first-order valence-corrected chi connectivity index (χ1v) is 12.8. The molecule has 8 nitrogen and oxygen atoms in total. The predicted molar refractivity (Wildman–Crippen MR) is 142 cm³/mol. The number of hydrogen-bond acceptors (Lipinski definition) is 7. The van der Waals surface area contributed by atoms with Crippen molar-refractivity contribution in [2.24, 2.45) is 5.92 Å². The van der Waals surface area contributed by atoms with Crippen LogP contribution in [0.15, 0.2) is 48.8 Å². The molecule has 0 atom stereocenters. The lowest BCUT2D eigenvalue weighted by Crippen LogP contribution is -2.37. The molecule has 1 saturated heterocycles. The van der Waals surface area contributed by atoms with Crippen LogP contribution in [0, 0.1) is 5.92 Å². The molecule has 2 aliphatic rings. The number of hydrogen-bond donors (Lipinski definition) is 0. The van der Waals surface area contributed by atoms with Crippen LogP contribution in [0.1, 0.15) is 36.2 Å². The first-order chi connectivity index (χ1) is 17.5. The van der Waals surface area contributed by atoms with Crippen LogP contribution in [0.25, 0.3) is 11.3 Å². The van der Waals surface area contributed by atoms with Crippen molar-refractivity contribution in [3.63, 3.8) is 0 Å². The summed E-state index contributed by atoms with van der Waals surface area (Å²) in [7, 11) is 1.88. The Kier molecular flexibility index (Phi) is 7.13. The molecule has 36 heavy (non-hydrogen) atoms. The van der Waals surface area contributed by atoms with Crippen molar-refractivity contribution < 1.29 is 9.53 Å². The van der Waals surface area contributed by atoms with Gasteiger partial charge >= 0.3 is 0 Å². The van der Waals surface area contributed by atoms with E-state index in [0.717, 1.165) is 67.3 Å². The van der Waals surface area contributed by atoms with Crippen LogP contribution in [0.4, 0.5) is 17.5 Å². The number of nitrogens with zero attached hydrogens (tertiary/aromatic N) is 6. The summed E-state index contributed by atoms with van der Waals surface area (Å²) in [6, 6.07) is 11.9. The van der Waals surface area contributed by atoms with E-state index in [9.17, 15) is 4.79 Å². The lowest BCUT2D eigenvalue weighted by molar-refractivity contribution is 0.0789. The molecule has 0 aliphatic carbocycles. The molecule has 0 saturated carbocycles. The average molecular weight is 487 g/mol. The fraction of sp³-hybridized carbons (Fsp3) is 0.429. The summed E-state index contributed by atoms with van der Waals surface area (Å²) in [5.41, 5.74) is 4.64. The number of aromatic nitrogens is 3. The summed E-state index contributed by atoms with van der Waals surface area (Å²) in [6.07, 6.45) is 5.47. The summed E-state index contributed by atoms with van der Waals surface area (Å²) in [5, 5.41) is 0. The zero-order chi connectivity index (χ0) is 25.1. The standard InChI is InChI=1S/C28H34N6O2/c1-20(2)9-12-32(3)27(35)22-7-4-6-21(18-22)25-24-10-13-34(23-8-5-11-29-19-23)26(24)31-28(30-25)33-14-16-36-17-15-33/h4-8,11,18-20H,9-10,12-17H2,1-3H3. The minimum absolute atomic E-state index is 0.0357. The second kappa shape index (κ2) is 10.6. The van der Waals surface area contributed by atoms with Crippen molar-refractivity contribution in [3.8, 4) is 11.3 Å². The van der Waals surface area contributed by atoms with E-state index >= 15 is 0 Å². The van der Waals surface area contributed by atoms with Gasteiger partial charge in [-0.1, -0.05) is 26.0 Å². The van der Waals surface area contributed by atoms with Gasteiger partial charge in [0.25, 0.3) is 5.91 Å². The van der Waals surface area contributed by atoms with Gasteiger partial charge in [-0.25, -0.2) is 4.98 Å². The number of rotatable bonds is 7. The predicted octanol–water partition coefficient (Wildman–Crippen LogP) is 4.19. The van der Waals surface area contributed by atoms with Gasteiger partial charge in [0, 0.05) is 56.1 Å². The van der Waals surface area contributed by atoms with Crippen molar-refractivity contribution in [2.75, 3.05) is 56.2 Å². The molecule has 5 rings (SSSR count). The van der Waals surface area contributed by atoms with Gasteiger partial charge in [0.15, 0.2) is 0 Å². The van der Waals surface area contributed by atoms with E-state index in [1.165, 1.54) is 0 Å². The van der Waals surface area contributed by atoms with Gasteiger partial charge in [-0.05, 0) is 43.0 Å². The molecule has 8 heteroatoms. The van der Waals surface area contributed by atoms with Crippen LogP contribution in [0.2, 0.25) is 0 Å². The second-order valence-corrected chi connectivity index (χ2v) is 9.88. The summed E-state index contributed by atoms with van der Waals surface area (Å²) in [6.45, 7) is 8.74. The molecule has 1 fully saturated rings. The molecular weight excluding hydrogens is 452 g/mol. The maximum Gasteiger partial charge on any atom is 0.253 e. The number of anilines is 3. The molecule has 1 amide bonds. The lowest BCUT2D eigenvalue weighted by Gasteiger charge is -2.28. The second-order valence-electron chi connectivity index (χ2n) is 9.88. The minimum atomic E-state index is 0.0357. The fourth-order valence-electron chi connectivity index (χ4n) is 4.73. The highest BCUT2D eigenvalue weighted by atomic mass is 16.5. The maximum absolute atomic E-state index is 13.2. The highest BCUT2D eigenvalue weighted by molar-refractivity contribution is 5.95. The molecule has 0 spiro atoms. The fourth-order valence-corrected chi connectivity index (χ4v) is 4.73. The molecule has 188 valence electrons. The van der Waals surface area contributed by atoms with Crippen LogP contribution in [0.3, 0.4) is 0 Å². The molecule has 0 N–H and O–H groups in total. The Morgan fingerprint density at radius 3 is 2.69 bits per heavy atom. The van der Waals surface area contributed by atoms with Gasteiger partial charge in [0.1, 0.15) is 5.82 Å². The molecule has 0 bridgehead atoms. The Balaban J connectivity index is 1.54. The zero-order valence-corrected chi connectivity index (χ0v) is 21.4. The first kappa shape index (κ1) is 24.2. The number of pyridine rings is 1. The van der Waals surface area contributed by atoms with Crippen LogP contribution >= 0.6 is 0 Å². The number of carbonyl (C=O) groups excluding carboxylic acids is 1. The largest absolute Gasteiger partial charge is 0.378 e. The van der Waals surface area contributed by atoms with E-state index in [-0.39, 0.29) is 5.91 Å². The molecule has 2 aliphatic heterocycles.